The summed E-state index contributed by atoms with van der Waals surface area (Å²) in [4.78, 5) is 0.523. The maximum absolute atomic E-state index is 12.1. The van der Waals surface area contributed by atoms with Crippen molar-refractivity contribution < 1.29 is 8.42 Å². The molecule has 0 saturated carbocycles. The Morgan fingerprint density at radius 2 is 2.05 bits per heavy atom. The van der Waals surface area contributed by atoms with Crippen molar-refractivity contribution in [1.82, 2.24) is 5.32 Å². The minimum atomic E-state index is -3.07. The second-order valence-electron chi connectivity index (χ2n) is 6.02. The van der Waals surface area contributed by atoms with Crippen LogP contribution in [0.15, 0.2) is 29.2 Å². The standard InChI is InChI=1S/C17H27NO2S/c1-3-5-8-14(4-2)13-18-16-11-12-21(19,20)17-10-7-6-9-15(16)17/h6-7,9-10,14,16,18H,3-5,8,11-13H2,1-2H3. The fraction of sp³-hybridized carbons (Fsp3) is 0.647. The smallest absolute Gasteiger partial charge is 0.178 e. The molecule has 118 valence electrons. The van der Waals surface area contributed by atoms with E-state index in [0.29, 0.717) is 17.2 Å². The van der Waals surface area contributed by atoms with E-state index in [-0.39, 0.29) is 11.8 Å². The third-order valence-corrected chi connectivity index (χ3v) is 6.32. The van der Waals surface area contributed by atoms with Gasteiger partial charge in [-0.05, 0) is 36.9 Å². The van der Waals surface area contributed by atoms with Crippen LogP contribution in [0.2, 0.25) is 0 Å². The van der Waals surface area contributed by atoms with Crippen LogP contribution in [0.25, 0.3) is 0 Å². The summed E-state index contributed by atoms with van der Waals surface area (Å²) < 4.78 is 24.3. The van der Waals surface area contributed by atoms with Gasteiger partial charge in [-0.1, -0.05) is 51.3 Å². The maximum Gasteiger partial charge on any atom is 0.178 e. The van der Waals surface area contributed by atoms with Gasteiger partial charge in [0.25, 0.3) is 0 Å². The number of nitrogens with one attached hydrogen (secondary N) is 1. The van der Waals surface area contributed by atoms with E-state index in [9.17, 15) is 8.42 Å². The van der Waals surface area contributed by atoms with Crippen LogP contribution in [0.3, 0.4) is 0 Å². The van der Waals surface area contributed by atoms with Crippen LogP contribution in [-0.2, 0) is 9.84 Å². The fourth-order valence-electron chi connectivity index (χ4n) is 3.05. The summed E-state index contributed by atoms with van der Waals surface area (Å²) in [5.74, 6) is 0.948. The summed E-state index contributed by atoms with van der Waals surface area (Å²) in [5.41, 5.74) is 0.953. The zero-order chi connectivity index (χ0) is 15.3. The molecule has 0 bridgehead atoms. The van der Waals surface area contributed by atoms with Crippen molar-refractivity contribution in [2.24, 2.45) is 5.92 Å². The third kappa shape index (κ3) is 4.07. The number of fused-ring (bicyclic) bond motifs is 1. The second-order valence-corrected chi connectivity index (χ2v) is 8.10. The molecular weight excluding hydrogens is 282 g/mol. The average molecular weight is 309 g/mol. The van der Waals surface area contributed by atoms with E-state index in [2.05, 4.69) is 19.2 Å². The first-order valence-corrected chi connectivity index (χ1v) is 9.78. The SMILES string of the molecule is CCCCC(CC)CNC1CCS(=O)(=O)c2ccccc21. The first kappa shape index (κ1) is 16.5. The zero-order valence-electron chi connectivity index (χ0n) is 13.1. The Morgan fingerprint density at radius 1 is 1.29 bits per heavy atom. The van der Waals surface area contributed by atoms with Crippen LogP contribution in [0.4, 0.5) is 0 Å². The lowest BCUT2D eigenvalue weighted by molar-refractivity contribution is 0.382. The van der Waals surface area contributed by atoms with Crippen molar-refractivity contribution in [1.29, 1.82) is 0 Å². The Labute approximate surface area is 129 Å². The van der Waals surface area contributed by atoms with Crippen LogP contribution < -0.4 is 5.32 Å². The zero-order valence-corrected chi connectivity index (χ0v) is 14.0. The topological polar surface area (TPSA) is 46.2 Å². The molecule has 2 atom stereocenters. The maximum atomic E-state index is 12.1. The molecule has 0 amide bonds. The Hall–Kier alpha value is -0.870. The number of rotatable bonds is 7. The lowest BCUT2D eigenvalue weighted by atomic mass is 9.97. The number of hydrogen-bond donors (Lipinski definition) is 1. The van der Waals surface area contributed by atoms with E-state index >= 15 is 0 Å². The van der Waals surface area contributed by atoms with E-state index in [4.69, 9.17) is 0 Å². The highest BCUT2D eigenvalue weighted by Gasteiger charge is 2.29. The monoisotopic (exact) mass is 309 g/mol. The molecule has 1 aliphatic rings. The largest absolute Gasteiger partial charge is 0.310 e. The molecule has 0 fully saturated rings. The van der Waals surface area contributed by atoms with Crippen molar-refractivity contribution in [2.45, 2.75) is 56.9 Å². The van der Waals surface area contributed by atoms with Crippen molar-refractivity contribution >= 4 is 9.84 Å². The van der Waals surface area contributed by atoms with E-state index in [1.807, 2.05) is 18.2 Å². The second kappa shape index (κ2) is 7.41. The van der Waals surface area contributed by atoms with Gasteiger partial charge in [0.15, 0.2) is 9.84 Å². The van der Waals surface area contributed by atoms with E-state index < -0.39 is 9.84 Å². The van der Waals surface area contributed by atoms with Crippen LogP contribution in [0.5, 0.6) is 0 Å². The van der Waals surface area contributed by atoms with Crippen molar-refractivity contribution in [3.63, 3.8) is 0 Å². The van der Waals surface area contributed by atoms with Crippen LogP contribution in [0, 0.1) is 5.92 Å². The van der Waals surface area contributed by atoms with Crippen molar-refractivity contribution in [2.75, 3.05) is 12.3 Å². The molecule has 0 aromatic heterocycles. The Kier molecular flexibility index (Phi) is 5.82. The average Bonchev–Trinajstić information content (AvgIpc) is 2.49. The molecule has 4 heteroatoms. The van der Waals surface area contributed by atoms with Crippen LogP contribution in [0.1, 0.15) is 57.6 Å². The highest BCUT2D eigenvalue weighted by molar-refractivity contribution is 7.91. The summed E-state index contributed by atoms with van der Waals surface area (Å²) in [5, 5.41) is 3.61. The molecule has 1 heterocycles. The molecule has 2 unspecified atom stereocenters. The predicted molar refractivity (Wildman–Crippen MR) is 87.2 cm³/mol. The molecule has 21 heavy (non-hydrogen) atoms. The molecule has 2 rings (SSSR count). The van der Waals surface area contributed by atoms with E-state index in [1.165, 1.54) is 25.7 Å². The number of unbranched alkanes of at least 4 members (excludes halogenated alkanes) is 1. The van der Waals surface area contributed by atoms with Gasteiger partial charge in [-0.2, -0.15) is 0 Å². The highest BCUT2D eigenvalue weighted by Crippen LogP contribution is 2.32. The molecule has 0 spiro atoms. The van der Waals surface area contributed by atoms with Gasteiger partial charge < -0.3 is 5.32 Å². The number of hydrogen-bond acceptors (Lipinski definition) is 3. The molecule has 3 nitrogen and oxygen atoms in total. The minimum Gasteiger partial charge on any atom is -0.310 e. The van der Waals surface area contributed by atoms with E-state index in [0.717, 1.165) is 12.1 Å². The summed E-state index contributed by atoms with van der Waals surface area (Å²) >= 11 is 0. The van der Waals surface area contributed by atoms with Crippen molar-refractivity contribution in [3.05, 3.63) is 29.8 Å². The lowest BCUT2D eigenvalue weighted by Gasteiger charge is -2.28. The van der Waals surface area contributed by atoms with Gasteiger partial charge in [0.2, 0.25) is 0 Å². The molecule has 0 saturated heterocycles. The fourth-order valence-corrected chi connectivity index (χ4v) is 4.68. The van der Waals surface area contributed by atoms with Gasteiger partial charge in [0.1, 0.15) is 0 Å². The quantitative estimate of drug-likeness (QED) is 0.835. The Morgan fingerprint density at radius 3 is 2.76 bits per heavy atom. The van der Waals surface area contributed by atoms with Crippen molar-refractivity contribution in [3.8, 4) is 0 Å². The summed E-state index contributed by atoms with van der Waals surface area (Å²) in [6, 6.07) is 7.63. The van der Waals surface area contributed by atoms with Crippen LogP contribution in [-0.4, -0.2) is 20.7 Å². The molecule has 1 aromatic rings. The predicted octanol–water partition coefficient (Wildman–Crippen LogP) is 3.71. The van der Waals surface area contributed by atoms with Gasteiger partial charge >= 0.3 is 0 Å². The molecule has 0 aliphatic carbocycles. The van der Waals surface area contributed by atoms with Gasteiger partial charge in [-0.3, -0.25) is 0 Å². The molecule has 0 radical (unpaired) electrons. The van der Waals surface area contributed by atoms with E-state index in [1.54, 1.807) is 6.07 Å². The first-order chi connectivity index (χ1) is 10.1. The third-order valence-electron chi connectivity index (χ3n) is 4.50. The minimum absolute atomic E-state index is 0.181. The van der Waals surface area contributed by atoms with Gasteiger partial charge in [-0.25, -0.2) is 8.42 Å². The first-order valence-electron chi connectivity index (χ1n) is 8.13. The summed E-state index contributed by atoms with van der Waals surface area (Å²) in [6.07, 6.45) is 5.63. The normalized spacial score (nSPS) is 21.7. The molecule has 1 aromatic carbocycles. The van der Waals surface area contributed by atoms with Gasteiger partial charge in [0, 0.05) is 6.04 Å². The summed E-state index contributed by atoms with van der Waals surface area (Å²) in [7, 11) is -3.07. The Balaban J connectivity index is 2.05. The molecular formula is C17H27NO2S. The highest BCUT2D eigenvalue weighted by atomic mass is 32.2. The molecule has 1 aliphatic heterocycles. The van der Waals surface area contributed by atoms with Gasteiger partial charge in [0.05, 0.1) is 10.6 Å². The number of benzene rings is 1. The number of sulfone groups is 1. The van der Waals surface area contributed by atoms with Crippen LogP contribution >= 0.6 is 0 Å². The summed E-state index contributed by atoms with van der Waals surface area (Å²) in [6.45, 7) is 5.44. The Bertz CT molecular complexity index is 554. The van der Waals surface area contributed by atoms with Gasteiger partial charge in [-0.15, -0.1) is 0 Å². The lowest BCUT2D eigenvalue weighted by Crippen LogP contribution is -2.32. The molecule has 1 N–H and O–H groups in total.